The second-order valence-corrected chi connectivity index (χ2v) is 7.03. The molecule has 0 aromatic rings. The third-order valence-electron chi connectivity index (χ3n) is 5.57. The minimum Gasteiger partial charge on any atom is -0.313 e. The average molecular weight is 250 g/mol. The lowest BCUT2D eigenvalue weighted by atomic mass is 9.78. The summed E-state index contributed by atoms with van der Waals surface area (Å²) in [6.45, 7) is 6.36. The first-order valence-electron chi connectivity index (χ1n) is 8.30. The van der Waals surface area contributed by atoms with Gasteiger partial charge in [-0.2, -0.15) is 0 Å². The van der Waals surface area contributed by atoms with Crippen molar-refractivity contribution in [3.05, 3.63) is 0 Å². The van der Waals surface area contributed by atoms with E-state index in [9.17, 15) is 0 Å². The van der Waals surface area contributed by atoms with Crippen molar-refractivity contribution < 1.29 is 0 Å². The largest absolute Gasteiger partial charge is 0.313 e. The molecule has 1 saturated carbocycles. The maximum Gasteiger partial charge on any atom is 0.0197 e. The zero-order valence-electron chi connectivity index (χ0n) is 12.0. The Hall–Kier alpha value is -0.0800. The van der Waals surface area contributed by atoms with Crippen LogP contribution in [0.4, 0.5) is 0 Å². The fourth-order valence-corrected chi connectivity index (χ4v) is 4.60. The highest BCUT2D eigenvalue weighted by molar-refractivity contribution is 4.90. The van der Waals surface area contributed by atoms with Crippen molar-refractivity contribution in [3.63, 3.8) is 0 Å². The van der Waals surface area contributed by atoms with Crippen molar-refractivity contribution in [3.8, 4) is 0 Å². The lowest BCUT2D eigenvalue weighted by Crippen LogP contribution is -2.53. The Labute approximate surface area is 113 Å². The highest BCUT2D eigenvalue weighted by Gasteiger charge is 2.34. The Bertz CT molecular complexity index is 264. The Morgan fingerprint density at radius 1 is 1.06 bits per heavy atom. The van der Waals surface area contributed by atoms with Gasteiger partial charge in [-0.05, 0) is 63.5 Å². The first kappa shape index (κ1) is 12.9. The molecule has 2 heterocycles. The number of likely N-dealkylation sites (tertiary alicyclic amines) is 1. The van der Waals surface area contributed by atoms with Crippen LogP contribution < -0.4 is 5.32 Å². The standard InChI is InChI=1S/C16H30N2/c1-13-8-9-17-15(11-13)12-18-10-4-6-14-5-2-3-7-16(14)18/h13-17H,2-12H2,1H3. The van der Waals surface area contributed by atoms with Gasteiger partial charge in [-0.1, -0.05) is 19.8 Å². The highest BCUT2D eigenvalue weighted by Crippen LogP contribution is 2.35. The molecule has 3 rings (SSSR count). The zero-order chi connectivity index (χ0) is 12.4. The average Bonchev–Trinajstić information content (AvgIpc) is 2.39. The smallest absolute Gasteiger partial charge is 0.0197 e. The summed E-state index contributed by atoms with van der Waals surface area (Å²) >= 11 is 0. The number of piperidine rings is 2. The van der Waals surface area contributed by atoms with Crippen LogP contribution in [0.2, 0.25) is 0 Å². The van der Waals surface area contributed by atoms with Crippen molar-refractivity contribution in [1.29, 1.82) is 0 Å². The van der Waals surface area contributed by atoms with Crippen molar-refractivity contribution in [2.75, 3.05) is 19.6 Å². The van der Waals surface area contributed by atoms with E-state index in [-0.39, 0.29) is 0 Å². The fourth-order valence-electron chi connectivity index (χ4n) is 4.60. The monoisotopic (exact) mass is 250 g/mol. The molecule has 0 aromatic heterocycles. The van der Waals surface area contributed by atoms with Crippen molar-refractivity contribution in [1.82, 2.24) is 10.2 Å². The molecule has 0 bridgehead atoms. The van der Waals surface area contributed by atoms with Crippen LogP contribution in [0.3, 0.4) is 0 Å². The predicted octanol–water partition coefficient (Wildman–Crippen LogP) is 3.03. The van der Waals surface area contributed by atoms with Crippen LogP contribution in [0.1, 0.15) is 58.3 Å². The summed E-state index contributed by atoms with van der Waals surface area (Å²) < 4.78 is 0. The van der Waals surface area contributed by atoms with E-state index in [1.807, 2.05) is 0 Å². The van der Waals surface area contributed by atoms with E-state index in [1.54, 1.807) is 0 Å². The van der Waals surface area contributed by atoms with Gasteiger partial charge in [0.2, 0.25) is 0 Å². The predicted molar refractivity (Wildman–Crippen MR) is 76.7 cm³/mol. The molecule has 0 radical (unpaired) electrons. The molecule has 0 aromatic carbocycles. The molecule has 18 heavy (non-hydrogen) atoms. The topological polar surface area (TPSA) is 15.3 Å². The van der Waals surface area contributed by atoms with Crippen LogP contribution in [0.5, 0.6) is 0 Å². The zero-order valence-corrected chi connectivity index (χ0v) is 12.0. The van der Waals surface area contributed by atoms with Gasteiger partial charge in [-0.3, -0.25) is 4.90 Å². The molecule has 0 spiro atoms. The second-order valence-electron chi connectivity index (χ2n) is 7.03. The third-order valence-corrected chi connectivity index (χ3v) is 5.57. The molecule has 2 heteroatoms. The van der Waals surface area contributed by atoms with Gasteiger partial charge in [-0.25, -0.2) is 0 Å². The molecule has 104 valence electrons. The van der Waals surface area contributed by atoms with Crippen molar-refractivity contribution >= 4 is 0 Å². The lowest BCUT2D eigenvalue weighted by molar-refractivity contribution is 0.0480. The SMILES string of the molecule is CC1CCNC(CN2CCCC3CCCCC32)C1. The molecule has 3 fully saturated rings. The molecule has 0 amide bonds. The molecule has 3 aliphatic rings. The van der Waals surface area contributed by atoms with Gasteiger partial charge in [0.15, 0.2) is 0 Å². The van der Waals surface area contributed by atoms with Crippen LogP contribution in [0.15, 0.2) is 0 Å². The molecule has 2 saturated heterocycles. The number of rotatable bonds is 2. The first-order chi connectivity index (χ1) is 8.83. The number of nitrogens with one attached hydrogen (secondary N) is 1. The Morgan fingerprint density at radius 2 is 1.89 bits per heavy atom. The first-order valence-corrected chi connectivity index (χ1v) is 8.30. The summed E-state index contributed by atoms with van der Waals surface area (Å²) in [5, 5.41) is 3.75. The molecular formula is C16H30N2. The Morgan fingerprint density at radius 3 is 2.78 bits per heavy atom. The van der Waals surface area contributed by atoms with Crippen LogP contribution in [-0.2, 0) is 0 Å². The summed E-state index contributed by atoms with van der Waals surface area (Å²) in [6, 6.07) is 1.71. The Kier molecular flexibility index (Phi) is 4.25. The van der Waals surface area contributed by atoms with Gasteiger partial charge in [0.05, 0.1) is 0 Å². The highest BCUT2D eigenvalue weighted by atomic mass is 15.2. The molecule has 2 nitrogen and oxygen atoms in total. The summed E-state index contributed by atoms with van der Waals surface area (Å²) in [5.41, 5.74) is 0. The van der Waals surface area contributed by atoms with Crippen LogP contribution in [0, 0.1) is 11.8 Å². The van der Waals surface area contributed by atoms with E-state index < -0.39 is 0 Å². The lowest BCUT2D eigenvalue weighted by Gasteiger charge is -2.46. The van der Waals surface area contributed by atoms with Crippen LogP contribution in [-0.4, -0.2) is 36.6 Å². The van der Waals surface area contributed by atoms with E-state index in [2.05, 4.69) is 17.1 Å². The van der Waals surface area contributed by atoms with E-state index >= 15 is 0 Å². The third kappa shape index (κ3) is 2.91. The van der Waals surface area contributed by atoms with Gasteiger partial charge in [0.25, 0.3) is 0 Å². The molecule has 1 aliphatic carbocycles. The van der Waals surface area contributed by atoms with Crippen LogP contribution >= 0.6 is 0 Å². The van der Waals surface area contributed by atoms with Crippen molar-refractivity contribution in [2.45, 2.75) is 70.4 Å². The van der Waals surface area contributed by atoms with Gasteiger partial charge in [-0.15, -0.1) is 0 Å². The molecule has 4 unspecified atom stereocenters. The normalized spacial score (nSPS) is 42.5. The Balaban J connectivity index is 1.57. The second kappa shape index (κ2) is 5.92. The van der Waals surface area contributed by atoms with E-state index in [0.717, 1.165) is 23.9 Å². The van der Waals surface area contributed by atoms with Crippen LogP contribution in [0.25, 0.3) is 0 Å². The molecule has 1 N–H and O–H groups in total. The summed E-state index contributed by atoms with van der Waals surface area (Å²) in [5.74, 6) is 1.97. The summed E-state index contributed by atoms with van der Waals surface area (Å²) in [6.07, 6.45) is 11.7. The minimum absolute atomic E-state index is 0.773. The number of hydrogen-bond donors (Lipinski definition) is 1. The maximum absolute atomic E-state index is 3.75. The summed E-state index contributed by atoms with van der Waals surface area (Å²) in [4.78, 5) is 2.85. The summed E-state index contributed by atoms with van der Waals surface area (Å²) in [7, 11) is 0. The minimum atomic E-state index is 0.773. The van der Waals surface area contributed by atoms with Crippen molar-refractivity contribution in [2.24, 2.45) is 11.8 Å². The fraction of sp³-hybridized carbons (Fsp3) is 1.00. The van der Waals surface area contributed by atoms with Gasteiger partial charge in [0, 0.05) is 18.6 Å². The number of hydrogen-bond acceptors (Lipinski definition) is 2. The van der Waals surface area contributed by atoms with Gasteiger partial charge in [0.1, 0.15) is 0 Å². The van der Waals surface area contributed by atoms with E-state index in [4.69, 9.17) is 0 Å². The quantitative estimate of drug-likeness (QED) is 0.810. The number of nitrogens with zero attached hydrogens (tertiary/aromatic N) is 1. The number of fused-ring (bicyclic) bond motifs is 1. The molecular weight excluding hydrogens is 220 g/mol. The molecule has 2 aliphatic heterocycles. The molecule has 4 atom stereocenters. The van der Waals surface area contributed by atoms with E-state index in [0.29, 0.717) is 0 Å². The van der Waals surface area contributed by atoms with E-state index in [1.165, 1.54) is 71.0 Å². The van der Waals surface area contributed by atoms with Gasteiger partial charge >= 0.3 is 0 Å². The maximum atomic E-state index is 3.75. The van der Waals surface area contributed by atoms with Gasteiger partial charge < -0.3 is 5.32 Å².